The van der Waals surface area contributed by atoms with Crippen molar-refractivity contribution in [1.82, 2.24) is 4.98 Å². The Hall–Kier alpha value is -1.75. The highest BCUT2D eigenvalue weighted by atomic mass is 32.1. The van der Waals surface area contributed by atoms with E-state index in [1.165, 1.54) is 6.07 Å². The summed E-state index contributed by atoms with van der Waals surface area (Å²) in [6.07, 6.45) is 0.324. The van der Waals surface area contributed by atoms with E-state index in [0.29, 0.717) is 22.7 Å². The molecule has 3 nitrogen and oxygen atoms in total. The number of thiazole rings is 1. The second kappa shape index (κ2) is 5.48. The van der Waals surface area contributed by atoms with Gasteiger partial charge in [-0.1, -0.05) is 32.0 Å². The average molecular weight is 279 g/mol. The highest BCUT2D eigenvalue weighted by Crippen LogP contribution is 2.27. The van der Waals surface area contributed by atoms with Gasteiger partial charge in [0.05, 0.1) is 10.7 Å². The lowest BCUT2D eigenvalue weighted by molar-refractivity contribution is 0.0700. The summed E-state index contributed by atoms with van der Waals surface area (Å²) in [4.78, 5) is 15.7. The Morgan fingerprint density at radius 2 is 2.11 bits per heavy atom. The molecule has 1 heterocycles. The monoisotopic (exact) mass is 279 g/mol. The Morgan fingerprint density at radius 1 is 1.42 bits per heavy atom. The van der Waals surface area contributed by atoms with Crippen LogP contribution in [0.25, 0.3) is 0 Å². The molecule has 19 heavy (non-hydrogen) atoms. The number of halogens is 1. The quantitative estimate of drug-likeness (QED) is 0.928. The van der Waals surface area contributed by atoms with Gasteiger partial charge in [-0.25, -0.2) is 14.2 Å². The molecule has 0 amide bonds. The maximum absolute atomic E-state index is 13.6. The van der Waals surface area contributed by atoms with Crippen LogP contribution >= 0.6 is 11.3 Å². The van der Waals surface area contributed by atoms with E-state index in [9.17, 15) is 9.18 Å². The largest absolute Gasteiger partial charge is 0.477 e. The average Bonchev–Trinajstić information content (AvgIpc) is 2.76. The SMILES string of the molecule is CC(C)c1nc(Cc2ccccc2F)sc1C(=O)O. The minimum atomic E-state index is -0.971. The minimum absolute atomic E-state index is 0.0386. The van der Waals surface area contributed by atoms with Crippen molar-refractivity contribution >= 4 is 17.3 Å². The molecule has 0 fully saturated rings. The highest BCUT2D eigenvalue weighted by Gasteiger charge is 2.20. The molecule has 0 saturated carbocycles. The first-order valence-electron chi connectivity index (χ1n) is 5.95. The van der Waals surface area contributed by atoms with Crippen LogP contribution in [0.1, 0.15) is 45.7 Å². The Morgan fingerprint density at radius 3 is 2.63 bits per heavy atom. The molecule has 0 radical (unpaired) electrons. The third-order valence-corrected chi connectivity index (χ3v) is 3.80. The van der Waals surface area contributed by atoms with E-state index in [1.54, 1.807) is 18.2 Å². The molecule has 0 saturated heterocycles. The van der Waals surface area contributed by atoms with Crippen molar-refractivity contribution < 1.29 is 14.3 Å². The summed E-state index contributed by atoms with van der Waals surface area (Å²) in [6, 6.07) is 6.47. The van der Waals surface area contributed by atoms with Crippen molar-refractivity contribution in [1.29, 1.82) is 0 Å². The predicted molar refractivity (Wildman–Crippen MR) is 72.4 cm³/mol. The summed E-state index contributed by atoms with van der Waals surface area (Å²) in [5, 5.41) is 9.78. The van der Waals surface area contributed by atoms with Gasteiger partial charge in [0.15, 0.2) is 0 Å². The van der Waals surface area contributed by atoms with Crippen molar-refractivity contribution in [3.05, 3.63) is 51.2 Å². The molecule has 5 heteroatoms. The summed E-state index contributed by atoms with van der Waals surface area (Å²) in [7, 11) is 0. The summed E-state index contributed by atoms with van der Waals surface area (Å²) in [5.74, 6) is -1.22. The van der Waals surface area contributed by atoms with Gasteiger partial charge in [-0.3, -0.25) is 0 Å². The number of hydrogen-bond donors (Lipinski definition) is 1. The normalized spacial score (nSPS) is 10.9. The number of hydrogen-bond acceptors (Lipinski definition) is 3. The molecule has 1 aromatic heterocycles. The first-order valence-corrected chi connectivity index (χ1v) is 6.77. The minimum Gasteiger partial charge on any atom is -0.477 e. The molecule has 2 aromatic rings. The van der Waals surface area contributed by atoms with Crippen LogP contribution in [0.2, 0.25) is 0 Å². The molecule has 0 spiro atoms. The highest BCUT2D eigenvalue weighted by molar-refractivity contribution is 7.13. The molecule has 0 atom stereocenters. The molecule has 0 aliphatic carbocycles. The Balaban J connectivity index is 2.34. The number of nitrogens with zero attached hydrogens (tertiary/aromatic N) is 1. The van der Waals surface area contributed by atoms with Crippen LogP contribution in [0, 0.1) is 5.82 Å². The lowest BCUT2D eigenvalue weighted by Gasteiger charge is -2.01. The number of carboxylic acid groups (broad SMARTS) is 1. The van der Waals surface area contributed by atoms with E-state index in [0.717, 1.165) is 11.3 Å². The molecular weight excluding hydrogens is 265 g/mol. The summed E-state index contributed by atoms with van der Waals surface area (Å²) >= 11 is 1.12. The van der Waals surface area contributed by atoms with Crippen molar-refractivity contribution in [2.45, 2.75) is 26.2 Å². The summed E-state index contributed by atoms with van der Waals surface area (Å²) in [6.45, 7) is 3.79. The van der Waals surface area contributed by atoms with Gasteiger partial charge in [-0.05, 0) is 17.5 Å². The maximum atomic E-state index is 13.6. The van der Waals surface area contributed by atoms with E-state index in [4.69, 9.17) is 5.11 Å². The van der Waals surface area contributed by atoms with Gasteiger partial charge >= 0.3 is 5.97 Å². The Bertz CT molecular complexity index is 607. The number of aromatic carboxylic acids is 1. The lowest BCUT2D eigenvalue weighted by Crippen LogP contribution is -2.00. The van der Waals surface area contributed by atoms with Crippen LogP contribution in [0.5, 0.6) is 0 Å². The third-order valence-electron chi connectivity index (χ3n) is 2.74. The van der Waals surface area contributed by atoms with Crippen LogP contribution in [0.15, 0.2) is 24.3 Å². The number of carboxylic acids is 1. The van der Waals surface area contributed by atoms with E-state index in [1.807, 2.05) is 13.8 Å². The van der Waals surface area contributed by atoms with Crippen molar-refractivity contribution in [3.63, 3.8) is 0 Å². The van der Waals surface area contributed by atoms with E-state index >= 15 is 0 Å². The summed E-state index contributed by atoms with van der Waals surface area (Å²) in [5.41, 5.74) is 1.10. The van der Waals surface area contributed by atoms with Crippen LogP contribution in [-0.2, 0) is 6.42 Å². The predicted octanol–water partition coefficient (Wildman–Crippen LogP) is 3.69. The van der Waals surface area contributed by atoms with Gasteiger partial charge in [0.25, 0.3) is 0 Å². The molecule has 2 rings (SSSR count). The van der Waals surface area contributed by atoms with Gasteiger partial charge in [0, 0.05) is 6.42 Å². The molecular formula is C14H14FNO2S. The molecule has 0 aliphatic heterocycles. The van der Waals surface area contributed by atoms with Crippen LogP contribution in [-0.4, -0.2) is 16.1 Å². The van der Waals surface area contributed by atoms with Gasteiger partial charge < -0.3 is 5.11 Å². The number of rotatable bonds is 4. The smallest absolute Gasteiger partial charge is 0.347 e. The fraction of sp³-hybridized carbons (Fsp3) is 0.286. The second-order valence-corrected chi connectivity index (χ2v) is 5.63. The fourth-order valence-corrected chi connectivity index (χ4v) is 2.88. The fourth-order valence-electron chi connectivity index (χ4n) is 1.80. The van der Waals surface area contributed by atoms with Crippen molar-refractivity contribution in [2.24, 2.45) is 0 Å². The topological polar surface area (TPSA) is 50.2 Å². The van der Waals surface area contributed by atoms with Crippen LogP contribution < -0.4 is 0 Å². The number of aromatic nitrogens is 1. The zero-order chi connectivity index (χ0) is 14.0. The van der Waals surface area contributed by atoms with Crippen LogP contribution in [0.3, 0.4) is 0 Å². The van der Waals surface area contributed by atoms with E-state index in [-0.39, 0.29) is 16.6 Å². The standard InChI is InChI=1S/C14H14FNO2S/c1-8(2)12-13(14(17)18)19-11(16-12)7-9-5-3-4-6-10(9)15/h3-6,8H,7H2,1-2H3,(H,17,18). The van der Waals surface area contributed by atoms with Gasteiger partial charge in [-0.2, -0.15) is 0 Å². The maximum Gasteiger partial charge on any atom is 0.347 e. The first kappa shape index (κ1) is 13.7. The van der Waals surface area contributed by atoms with Gasteiger partial charge in [0.1, 0.15) is 10.7 Å². The third kappa shape index (κ3) is 2.98. The second-order valence-electron chi connectivity index (χ2n) is 4.55. The van der Waals surface area contributed by atoms with Gasteiger partial charge in [0.2, 0.25) is 0 Å². The molecule has 1 aromatic carbocycles. The number of carbonyl (C=O) groups is 1. The molecule has 0 unspecified atom stereocenters. The lowest BCUT2D eigenvalue weighted by atomic mass is 10.1. The zero-order valence-electron chi connectivity index (χ0n) is 10.7. The molecule has 100 valence electrons. The first-order chi connectivity index (χ1) is 8.99. The molecule has 0 bridgehead atoms. The van der Waals surface area contributed by atoms with Crippen molar-refractivity contribution in [3.8, 4) is 0 Å². The Kier molecular flexibility index (Phi) is 3.95. The number of benzene rings is 1. The van der Waals surface area contributed by atoms with E-state index in [2.05, 4.69) is 4.98 Å². The molecule has 1 N–H and O–H groups in total. The van der Waals surface area contributed by atoms with Crippen LogP contribution in [0.4, 0.5) is 4.39 Å². The zero-order valence-corrected chi connectivity index (χ0v) is 11.5. The summed E-state index contributed by atoms with van der Waals surface area (Å²) < 4.78 is 13.6. The van der Waals surface area contributed by atoms with Gasteiger partial charge in [-0.15, -0.1) is 11.3 Å². The Labute approximate surface area is 114 Å². The molecule has 0 aliphatic rings. The van der Waals surface area contributed by atoms with Crippen molar-refractivity contribution in [2.75, 3.05) is 0 Å². The van der Waals surface area contributed by atoms with E-state index < -0.39 is 5.97 Å².